The highest BCUT2D eigenvalue weighted by atomic mass is 35.5. The van der Waals surface area contributed by atoms with Crippen LogP contribution < -0.4 is 5.32 Å². The highest BCUT2D eigenvalue weighted by molar-refractivity contribution is 6.34. The summed E-state index contributed by atoms with van der Waals surface area (Å²) < 4.78 is 44.2. The number of carbonyl (C=O) groups excluding carboxylic acids is 3. The number of hydrogen-bond donors (Lipinski definition) is 1. The summed E-state index contributed by atoms with van der Waals surface area (Å²) in [5, 5.41) is 1.75. The average Bonchev–Trinajstić information content (AvgIpc) is 3.11. The molecule has 2 aromatic carbocycles. The number of ether oxygens (including phenoxy) is 1. The van der Waals surface area contributed by atoms with E-state index in [1.807, 2.05) is 5.32 Å². The first-order valence-corrected chi connectivity index (χ1v) is 9.72. The molecule has 1 saturated heterocycles. The third kappa shape index (κ3) is 5.75. The van der Waals surface area contributed by atoms with Crippen LogP contribution in [0.5, 0.6) is 0 Å². The Bertz CT molecular complexity index is 1010. The first-order valence-electron chi connectivity index (χ1n) is 9.34. The van der Waals surface area contributed by atoms with Crippen molar-refractivity contribution in [2.75, 3.05) is 18.5 Å². The second-order valence-electron chi connectivity index (χ2n) is 6.90. The monoisotopic (exact) mass is 454 g/mol. The number of nitrogens with one attached hydrogen (secondary N) is 1. The molecule has 0 spiro atoms. The number of halogens is 4. The van der Waals surface area contributed by atoms with Gasteiger partial charge in [-0.05, 0) is 36.2 Å². The molecule has 1 aliphatic heterocycles. The van der Waals surface area contributed by atoms with Gasteiger partial charge in [-0.25, -0.2) is 4.79 Å². The minimum absolute atomic E-state index is 0.0439. The van der Waals surface area contributed by atoms with Crippen molar-refractivity contribution >= 4 is 35.1 Å². The lowest BCUT2D eigenvalue weighted by molar-refractivity contribution is -0.137. The van der Waals surface area contributed by atoms with Crippen LogP contribution in [0.2, 0.25) is 5.02 Å². The number of benzene rings is 2. The number of anilines is 1. The average molecular weight is 455 g/mol. The van der Waals surface area contributed by atoms with Crippen molar-refractivity contribution in [2.45, 2.75) is 25.6 Å². The summed E-state index contributed by atoms with van der Waals surface area (Å²) in [7, 11) is 0. The molecule has 1 fully saturated rings. The van der Waals surface area contributed by atoms with E-state index in [2.05, 4.69) is 0 Å². The molecule has 1 heterocycles. The Morgan fingerprint density at radius 3 is 2.58 bits per heavy atom. The van der Waals surface area contributed by atoms with E-state index in [-0.39, 0.29) is 16.5 Å². The van der Waals surface area contributed by atoms with Crippen molar-refractivity contribution in [1.82, 2.24) is 4.90 Å². The fourth-order valence-corrected chi connectivity index (χ4v) is 3.39. The zero-order valence-electron chi connectivity index (χ0n) is 16.2. The van der Waals surface area contributed by atoms with Crippen LogP contribution in [0.4, 0.5) is 18.9 Å². The van der Waals surface area contributed by atoms with Crippen molar-refractivity contribution in [3.05, 3.63) is 64.2 Å². The molecule has 164 valence electrons. The largest absolute Gasteiger partial charge is 0.452 e. The summed E-state index contributed by atoms with van der Waals surface area (Å²) in [5.41, 5.74) is -0.829. The number of carbonyl (C=O) groups is 3. The lowest BCUT2D eigenvalue weighted by Gasteiger charge is -2.16. The molecule has 10 heteroatoms. The van der Waals surface area contributed by atoms with Crippen molar-refractivity contribution in [3.63, 3.8) is 0 Å². The third-order valence-corrected chi connectivity index (χ3v) is 4.94. The smallest absolute Gasteiger partial charge is 0.418 e. The molecule has 0 unspecified atom stereocenters. The topological polar surface area (TPSA) is 75.7 Å². The summed E-state index contributed by atoms with van der Waals surface area (Å²) >= 11 is 5.79. The molecule has 0 aliphatic carbocycles. The Balaban J connectivity index is 1.61. The maximum absolute atomic E-state index is 13.1. The van der Waals surface area contributed by atoms with E-state index in [4.69, 9.17) is 16.3 Å². The van der Waals surface area contributed by atoms with Gasteiger partial charge in [0.1, 0.15) is 0 Å². The second kappa shape index (κ2) is 9.38. The molecule has 1 aliphatic rings. The number of alkyl halides is 3. The zero-order chi connectivity index (χ0) is 22.6. The van der Waals surface area contributed by atoms with Crippen LogP contribution >= 0.6 is 11.6 Å². The molecule has 0 aromatic heterocycles. The zero-order valence-corrected chi connectivity index (χ0v) is 16.9. The van der Waals surface area contributed by atoms with E-state index in [1.54, 1.807) is 23.1 Å². The van der Waals surface area contributed by atoms with Gasteiger partial charge in [0, 0.05) is 19.5 Å². The summed E-state index contributed by atoms with van der Waals surface area (Å²) in [6.07, 6.45) is -3.43. The highest BCUT2D eigenvalue weighted by Crippen LogP contribution is 2.38. The van der Waals surface area contributed by atoms with Gasteiger partial charge in [0.15, 0.2) is 6.61 Å². The van der Waals surface area contributed by atoms with Gasteiger partial charge in [0.05, 0.1) is 21.8 Å². The Hall–Kier alpha value is -3.07. The fourth-order valence-electron chi connectivity index (χ4n) is 3.17. The van der Waals surface area contributed by atoms with Crippen LogP contribution in [-0.2, 0) is 27.0 Å². The molecule has 0 atom stereocenters. The highest BCUT2D eigenvalue weighted by Gasteiger charge is 2.34. The molecule has 1 N–H and O–H groups in total. The van der Waals surface area contributed by atoms with Crippen LogP contribution in [0.25, 0.3) is 0 Å². The van der Waals surface area contributed by atoms with Gasteiger partial charge in [-0.2, -0.15) is 13.2 Å². The number of hydrogen-bond acceptors (Lipinski definition) is 4. The maximum Gasteiger partial charge on any atom is 0.418 e. The summed E-state index contributed by atoms with van der Waals surface area (Å²) in [4.78, 5) is 37.7. The van der Waals surface area contributed by atoms with Crippen molar-refractivity contribution in [2.24, 2.45) is 0 Å². The van der Waals surface area contributed by atoms with Gasteiger partial charge < -0.3 is 15.0 Å². The number of rotatable bonds is 6. The van der Waals surface area contributed by atoms with Crippen molar-refractivity contribution in [3.8, 4) is 0 Å². The fraction of sp³-hybridized carbons (Fsp3) is 0.286. The minimum atomic E-state index is -4.72. The Morgan fingerprint density at radius 1 is 1.16 bits per heavy atom. The molecular formula is C21H18ClF3N2O4. The summed E-state index contributed by atoms with van der Waals surface area (Å²) in [6.45, 7) is 0.207. The molecule has 2 aromatic rings. The molecule has 2 amide bonds. The molecule has 0 saturated carbocycles. The van der Waals surface area contributed by atoms with Crippen LogP contribution in [0.3, 0.4) is 0 Å². The quantitative estimate of drug-likeness (QED) is 0.661. The number of likely N-dealkylation sites (tertiary alicyclic amines) is 1. The van der Waals surface area contributed by atoms with E-state index in [9.17, 15) is 27.6 Å². The van der Waals surface area contributed by atoms with Gasteiger partial charge in [-0.15, -0.1) is 0 Å². The van der Waals surface area contributed by atoms with E-state index >= 15 is 0 Å². The van der Waals surface area contributed by atoms with Crippen molar-refractivity contribution < 1.29 is 32.3 Å². The number of nitrogens with zero attached hydrogens (tertiary/aromatic N) is 1. The summed E-state index contributed by atoms with van der Waals surface area (Å²) in [6, 6.07) is 9.49. The molecule has 0 radical (unpaired) electrons. The maximum atomic E-state index is 13.1. The molecule has 0 bridgehead atoms. The Morgan fingerprint density at radius 2 is 1.90 bits per heavy atom. The van der Waals surface area contributed by atoms with E-state index in [0.29, 0.717) is 19.5 Å². The van der Waals surface area contributed by atoms with Gasteiger partial charge in [0.25, 0.3) is 5.91 Å². The second-order valence-corrected chi connectivity index (χ2v) is 7.31. The molecule has 31 heavy (non-hydrogen) atoms. The standard InChI is InChI=1S/C21H18ClF3N2O4/c22-16-7-2-6-15(21(23,24)25)19(16)26-17(28)12-31-20(30)14-5-1-4-13(10-14)11-27-9-3-8-18(27)29/h1-2,4-7,10H,3,8-9,11-12H2,(H,26,28). The van der Waals surface area contributed by atoms with Crippen LogP contribution in [0.15, 0.2) is 42.5 Å². The van der Waals surface area contributed by atoms with Gasteiger partial charge in [0.2, 0.25) is 5.91 Å². The number of esters is 1. The lowest BCUT2D eigenvalue weighted by Crippen LogP contribution is -2.24. The molecular weight excluding hydrogens is 437 g/mol. The molecule has 6 nitrogen and oxygen atoms in total. The van der Waals surface area contributed by atoms with Gasteiger partial charge >= 0.3 is 12.1 Å². The minimum Gasteiger partial charge on any atom is -0.452 e. The predicted molar refractivity (Wildman–Crippen MR) is 106 cm³/mol. The Kier molecular flexibility index (Phi) is 6.84. The lowest BCUT2D eigenvalue weighted by atomic mass is 10.1. The van der Waals surface area contributed by atoms with Gasteiger partial charge in [-0.1, -0.05) is 29.8 Å². The van der Waals surface area contributed by atoms with E-state index in [1.165, 1.54) is 12.1 Å². The third-order valence-electron chi connectivity index (χ3n) is 4.63. The summed E-state index contributed by atoms with van der Waals surface area (Å²) in [5.74, 6) is -1.74. The van der Waals surface area contributed by atoms with Crippen LogP contribution in [0.1, 0.15) is 34.3 Å². The van der Waals surface area contributed by atoms with Gasteiger partial charge in [-0.3, -0.25) is 9.59 Å². The predicted octanol–water partition coefficient (Wildman–Crippen LogP) is 4.28. The SMILES string of the molecule is O=C(COC(=O)c1cccc(CN2CCCC2=O)c1)Nc1c(Cl)cccc1C(F)(F)F. The van der Waals surface area contributed by atoms with Crippen LogP contribution in [0, 0.1) is 0 Å². The van der Waals surface area contributed by atoms with E-state index < -0.39 is 35.9 Å². The Labute approximate surface area is 180 Å². The van der Waals surface area contributed by atoms with E-state index in [0.717, 1.165) is 24.1 Å². The molecule has 3 rings (SSSR count). The first kappa shape index (κ1) is 22.6. The normalized spacial score (nSPS) is 13.9. The first-order chi connectivity index (χ1) is 14.6. The number of para-hydroxylation sites is 1. The van der Waals surface area contributed by atoms with Crippen LogP contribution in [-0.4, -0.2) is 35.8 Å². The number of amides is 2. The van der Waals surface area contributed by atoms with Crippen molar-refractivity contribution in [1.29, 1.82) is 0 Å².